The standard InChI is InChI=1S/C23H16BrFN2O3/c24-15-4-8-20-17(10-15)19-11-18(14-3-7-21-22(9-14)29-12-28-21)26-27(19)23(30-20)13-1-5-16(25)6-2-13/h1-10,19,23H,11-12H2/t19-,23-/m0/s1. The van der Waals surface area contributed by atoms with Gasteiger partial charge in [0, 0.05) is 27.6 Å². The highest BCUT2D eigenvalue weighted by atomic mass is 79.9. The number of rotatable bonds is 2. The van der Waals surface area contributed by atoms with Crippen LogP contribution in [0.25, 0.3) is 0 Å². The highest BCUT2D eigenvalue weighted by molar-refractivity contribution is 9.10. The first-order chi connectivity index (χ1) is 14.7. The third-order valence-electron chi connectivity index (χ3n) is 5.61. The van der Waals surface area contributed by atoms with Gasteiger partial charge >= 0.3 is 0 Å². The maximum atomic E-state index is 13.5. The average Bonchev–Trinajstić information content (AvgIpc) is 3.41. The molecule has 30 heavy (non-hydrogen) atoms. The van der Waals surface area contributed by atoms with E-state index in [1.807, 2.05) is 35.3 Å². The summed E-state index contributed by atoms with van der Waals surface area (Å²) in [6, 6.07) is 18.3. The van der Waals surface area contributed by atoms with E-state index in [1.54, 1.807) is 12.1 Å². The van der Waals surface area contributed by atoms with Crippen molar-refractivity contribution in [1.82, 2.24) is 5.01 Å². The minimum absolute atomic E-state index is 0.0155. The zero-order valence-corrected chi connectivity index (χ0v) is 17.3. The molecular weight excluding hydrogens is 451 g/mol. The van der Waals surface area contributed by atoms with Gasteiger partial charge in [-0.3, -0.25) is 0 Å². The van der Waals surface area contributed by atoms with E-state index >= 15 is 0 Å². The molecule has 0 amide bonds. The molecule has 7 heteroatoms. The van der Waals surface area contributed by atoms with Gasteiger partial charge in [-0.05, 0) is 48.5 Å². The van der Waals surface area contributed by atoms with Gasteiger partial charge in [0.1, 0.15) is 11.6 Å². The van der Waals surface area contributed by atoms with Crippen molar-refractivity contribution in [2.45, 2.75) is 18.7 Å². The first-order valence-corrected chi connectivity index (χ1v) is 10.4. The van der Waals surface area contributed by atoms with Gasteiger partial charge in [-0.1, -0.05) is 28.1 Å². The zero-order chi connectivity index (χ0) is 20.2. The van der Waals surface area contributed by atoms with Crippen LogP contribution in [0.2, 0.25) is 0 Å². The molecule has 0 N–H and O–H groups in total. The van der Waals surface area contributed by atoms with Gasteiger partial charge in [-0.2, -0.15) is 5.10 Å². The summed E-state index contributed by atoms with van der Waals surface area (Å²) in [5.74, 6) is 2.02. The van der Waals surface area contributed by atoms with E-state index in [0.29, 0.717) is 0 Å². The van der Waals surface area contributed by atoms with Crippen LogP contribution in [0.3, 0.4) is 0 Å². The van der Waals surface area contributed by atoms with Crippen LogP contribution >= 0.6 is 15.9 Å². The highest BCUT2D eigenvalue weighted by Gasteiger charge is 2.41. The lowest BCUT2D eigenvalue weighted by molar-refractivity contribution is -0.0191. The summed E-state index contributed by atoms with van der Waals surface area (Å²) in [5.41, 5.74) is 3.86. The molecule has 150 valence electrons. The molecule has 0 bridgehead atoms. The predicted octanol–water partition coefficient (Wildman–Crippen LogP) is 5.56. The van der Waals surface area contributed by atoms with Crippen molar-refractivity contribution in [2.75, 3.05) is 6.79 Å². The Kier molecular flexibility index (Phi) is 3.99. The fourth-order valence-electron chi connectivity index (χ4n) is 4.16. The molecular formula is C23H16BrFN2O3. The molecule has 5 nitrogen and oxygen atoms in total. The smallest absolute Gasteiger partial charge is 0.231 e. The van der Waals surface area contributed by atoms with Gasteiger partial charge in [0.2, 0.25) is 13.0 Å². The Morgan fingerprint density at radius 2 is 1.73 bits per heavy atom. The summed E-state index contributed by atoms with van der Waals surface area (Å²) >= 11 is 3.57. The van der Waals surface area contributed by atoms with Gasteiger partial charge in [0.05, 0.1) is 11.8 Å². The molecule has 0 unspecified atom stereocenters. The Labute approximate surface area is 180 Å². The topological polar surface area (TPSA) is 43.3 Å². The second kappa shape index (κ2) is 6.74. The summed E-state index contributed by atoms with van der Waals surface area (Å²) < 4.78 is 31.8. The molecule has 0 fully saturated rings. The summed E-state index contributed by atoms with van der Waals surface area (Å²) in [6.45, 7) is 0.238. The molecule has 0 spiro atoms. The Balaban J connectivity index is 1.43. The van der Waals surface area contributed by atoms with Crippen molar-refractivity contribution in [3.05, 3.63) is 87.6 Å². The third-order valence-corrected chi connectivity index (χ3v) is 6.11. The second-order valence-corrected chi connectivity index (χ2v) is 8.33. The molecule has 3 aromatic rings. The monoisotopic (exact) mass is 466 g/mol. The highest BCUT2D eigenvalue weighted by Crippen LogP contribution is 2.48. The number of ether oxygens (including phenoxy) is 3. The zero-order valence-electron chi connectivity index (χ0n) is 15.7. The van der Waals surface area contributed by atoms with Crippen molar-refractivity contribution in [3.63, 3.8) is 0 Å². The normalized spacial score (nSPS) is 21.0. The van der Waals surface area contributed by atoms with Gasteiger partial charge in [0.25, 0.3) is 0 Å². The van der Waals surface area contributed by atoms with Gasteiger partial charge in [-0.25, -0.2) is 9.40 Å². The number of hydrazone groups is 1. The minimum atomic E-state index is -0.434. The van der Waals surface area contributed by atoms with E-state index in [4.69, 9.17) is 19.3 Å². The Morgan fingerprint density at radius 1 is 0.933 bits per heavy atom. The lowest BCUT2D eigenvalue weighted by Crippen LogP contribution is -2.33. The molecule has 0 aromatic heterocycles. The van der Waals surface area contributed by atoms with E-state index in [0.717, 1.165) is 50.5 Å². The number of hydrogen-bond donors (Lipinski definition) is 0. The summed E-state index contributed by atoms with van der Waals surface area (Å²) in [4.78, 5) is 0. The van der Waals surface area contributed by atoms with E-state index in [1.165, 1.54) is 12.1 Å². The molecule has 3 aliphatic rings. The number of fused-ring (bicyclic) bond motifs is 4. The molecule has 0 aliphatic carbocycles. The molecule has 2 atom stereocenters. The van der Waals surface area contributed by atoms with E-state index in [2.05, 4.69) is 22.0 Å². The van der Waals surface area contributed by atoms with Crippen LogP contribution < -0.4 is 14.2 Å². The first kappa shape index (κ1) is 17.8. The van der Waals surface area contributed by atoms with E-state index in [9.17, 15) is 4.39 Å². The van der Waals surface area contributed by atoms with Crippen molar-refractivity contribution < 1.29 is 18.6 Å². The van der Waals surface area contributed by atoms with Crippen molar-refractivity contribution in [2.24, 2.45) is 5.10 Å². The Hall–Kier alpha value is -3.06. The Morgan fingerprint density at radius 3 is 2.60 bits per heavy atom. The van der Waals surface area contributed by atoms with Gasteiger partial charge in [0.15, 0.2) is 11.5 Å². The number of hydrogen-bond acceptors (Lipinski definition) is 5. The summed E-state index contributed by atoms with van der Waals surface area (Å²) in [7, 11) is 0. The molecule has 0 saturated carbocycles. The first-order valence-electron chi connectivity index (χ1n) is 9.63. The number of nitrogens with zero attached hydrogens (tertiary/aromatic N) is 2. The SMILES string of the molecule is Fc1ccc([C@@H]2Oc3ccc(Br)cc3[C@@H]3CC(c4ccc5c(c4)OCO5)=NN32)cc1. The number of halogens is 2. The van der Waals surface area contributed by atoms with Crippen LogP contribution in [0, 0.1) is 5.82 Å². The van der Waals surface area contributed by atoms with Crippen molar-refractivity contribution >= 4 is 21.6 Å². The summed E-state index contributed by atoms with van der Waals surface area (Å²) in [6.07, 6.45) is 0.292. The maximum Gasteiger partial charge on any atom is 0.231 e. The molecule has 3 heterocycles. The van der Waals surface area contributed by atoms with Crippen molar-refractivity contribution in [1.29, 1.82) is 0 Å². The second-order valence-electron chi connectivity index (χ2n) is 7.42. The van der Waals surface area contributed by atoms with Gasteiger partial charge < -0.3 is 14.2 Å². The van der Waals surface area contributed by atoms with Gasteiger partial charge in [-0.15, -0.1) is 0 Å². The van der Waals surface area contributed by atoms with E-state index < -0.39 is 6.23 Å². The molecule has 0 saturated heterocycles. The van der Waals surface area contributed by atoms with Crippen LogP contribution in [0.4, 0.5) is 4.39 Å². The van der Waals surface area contributed by atoms with Crippen LogP contribution in [-0.2, 0) is 0 Å². The van der Waals surface area contributed by atoms with Crippen LogP contribution in [0.5, 0.6) is 17.2 Å². The lowest BCUT2D eigenvalue weighted by atomic mass is 9.96. The molecule has 3 aliphatic heterocycles. The van der Waals surface area contributed by atoms with Crippen LogP contribution in [-0.4, -0.2) is 17.5 Å². The third kappa shape index (κ3) is 2.84. The van der Waals surface area contributed by atoms with Crippen LogP contribution in [0.1, 0.15) is 35.4 Å². The number of benzene rings is 3. The molecule has 3 aromatic carbocycles. The fraction of sp³-hybridized carbons (Fsp3) is 0.174. The Bertz CT molecular complexity index is 1180. The fourth-order valence-corrected chi connectivity index (χ4v) is 4.53. The van der Waals surface area contributed by atoms with Crippen molar-refractivity contribution in [3.8, 4) is 17.2 Å². The quantitative estimate of drug-likeness (QED) is 0.495. The lowest BCUT2D eigenvalue weighted by Gasteiger charge is -2.38. The summed E-state index contributed by atoms with van der Waals surface area (Å²) in [5, 5.41) is 6.91. The van der Waals surface area contributed by atoms with E-state index in [-0.39, 0.29) is 18.7 Å². The maximum absolute atomic E-state index is 13.5. The largest absolute Gasteiger partial charge is 0.464 e. The molecule has 0 radical (unpaired) electrons. The predicted molar refractivity (Wildman–Crippen MR) is 112 cm³/mol. The molecule has 6 rings (SSSR count). The minimum Gasteiger partial charge on any atom is -0.464 e. The van der Waals surface area contributed by atoms with Crippen LogP contribution in [0.15, 0.2) is 70.2 Å². The average molecular weight is 467 g/mol.